The number of carbonyl (C=O) groups excluding carboxylic acids is 1. The Hall–Kier alpha value is -0.530. The van der Waals surface area contributed by atoms with Gasteiger partial charge in [0.2, 0.25) is 0 Å². The van der Waals surface area contributed by atoms with E-state index in [4.69, 9.17) is 4.74 Å². The van der Waals surface area contributed by atoms with Crippen molar-refractivity contribution >= 4 is 5.97 Å². The summed E-state index contributed by atoms with van der Waals surface area (Å²) in [5, 5.41) is 0. The van der Waals surface area contributed by atoms with Gasteiger partial charge in [0.25, 0.3) is 0 Å². The smallest absolute Gasteiger partial charge is 0.308 e. The molecule has 0 aromatic carbocycles. The van der Waals surface area contributed by atoms with Crippen molar-refractivity contribution in [2.24, 2.45) is 5.92 Å². The van der Waals surface area contributed by atoms with Gasteiger partial charge >= 0.3 is 5.97 Å². The number of rotatable bonds is 2. The van der Waals surface area contributed by atoms with Crippen molar-refractivity contribution in [2.75, 3.05) is 6.61 Å². The number of esters is 1. The molecule has 10 heavy (non-hydrogen) atoms. The lowest BCUT2D eigenvalue weighted by Gasteiger charge is -2.06. The van der Waals surface area contributed by atoms with Crippen LogP contribution in [0.1, 0.15) is 26.2 Å². The summed E-state index contributed by atoms with van der Waals surface area (Å²) in [5.41, 5.74) is 0. The Bertz CT molecular complexity index is 114. The van der Waals surface area contributed by atoms with Gasteiger partial charge in [-0.3, -0.25) is 4.79 Å². The third-order valence-electron chi connectivity index (χ3n) is 1.79. The Morgan fingerprint density at radius 1 is 1.80 bits per heavy atom. The molecule has 0 spiro atoms. The van der Waals surface area contributed by atoms with Crippen LogP contribution < -0.4 is 0 Å². The molecule has 1 radical (unpaired) electrons. The van der Waals surface area contributed by atoms with Crippen LogP contribution in [0.15, 0.2) is 0 Å². The first-order valence-electron chi connectivity index (χ1n) is 3.83. The zero-order chi connectivity index (χ0) is 7.40. The molecule has 1 rings (SSSR count). The van der Waals surface area contributed by atoms with Gasteiger partial charge in [-0.2, -0.15) is 0 Å². The molecule has 0 heterocycles. The fraction of sp³-hybridized carbons (Fsp3) is 0.750. The average molecular weight is 141 g/mol. The van der Waals surface area contributed by atoms with Crippen LogP contribution in [0, 0.1) is 12.3 Å². The molecule has 57 valence electrons. The van der Waals surface area contributed by atoms with E-state index in [0.717, 1.165) is 19.3 Å². The summed E-state index contributed by atoms with van der Waals surface area (Å²) in [4.78, 5) is 11.0. The molecule has 1 aliphatic rings. The highest BCUT2D eigenvalue weighted by Crippen LogP contribution is 2.24. The maximum absolute atomic E-state index is 11.0. The molecule has 1 aliphatic carbocycles. The Kier molecular flexibility index (Phi) is 2.72. The molecule has 1 atom stereocenters. The van der Waals surface area contributed by atoms with Crippen LogP contribution in [0.4, 0.5) is 0 Å². The molecule has 0 aromatic rings. The van der Waals surface area contributed by atoms with Crippen molar-refractivity contribution in [1.29, 1.82) is 0 Å². The summed E-state index contributed by atoms with van der Waals surface area (Å²) in [5.74, 6) is 0.149. The number of ether oxygens (including phenoxy) is 1. The van der Waals surface area contributed by atoms with Gasteiger partial charge in [-0.05, 0) is 32.6 Å². The van der Waals surface area contributed by atoms with E-state index in [9.17, 15) is 4.79 Å². The molecule has 0 N–H and O–H groups in total. The zero-order valence-corrected chi connectivity index (χ0v) is 6.30. The topological polar surface area (TPSA) is 26.3 Å². The van der Waals surface area contributed by atoms with Gasteiger partial charge in [-0.1, -0.05) is 0 Å². The predicted molar refractivity (Wildman–Crippen MR) is 38.3 cm³/mol. The van der Waals surface area contributed by atoms with Gasteiger partial charge in [0.1, 0.15) is 0 Å². The second-order valence-corrected chi connectivity index (χ2v) is 2.55. The van der Waals surface area contributed by atoms with Gasteiger partial charge in [0.05, 0.1) is 12.5 Å². The fourth-order valence-corrected chi connectivity index (χ4v) is 1.23. The van der Waals surface area contributed by atoms with Gasteiger partial charge in [0, 0.05) is 0 Å². The summed E-state index contributed by atoms with van der Waals surface area (Å²) in [6, 6.07) is 0. The third-order valence-corrected chi connectivity index (χ3v) is 1.79. The molecule has 0 aromatic heterocycles. The van der Waals surface area contributed by atoms with Crippen LogP contribution in [0.3, 0.4) is 0 Å². The Balaban J connectivity index is 2.25. The second kappa shape index (κ2) is 3.59. The van der Waals surface area contributed by atoms with Crippen LogP contribution in [-0.4, -0.2) is 12.6 Å². The van der Waals surface area contributed by atoms with Crippen molar-refractivity contribution in [2.45, 2.75) is 26.2 Å². The minimum Gasteiger partial charge on any atom is -0.466 e. The summed E-state index contributed by atoms with van der Waals surface area (Å²) >= 11 is 0. The molecule has 0 aliphatic heterocycles. The van der Waals surface area contributed by atoms with E-state index in [1.165, 1.54) is 0 Å². The van der Waals surface area contributed by atoms with Crippen LogP contribution in [0.5, 0.6) is 0 Å². The quantitative estimate of drug-likeness (QED) is 0.545. The van der Waals surface area contributed by atoms with E-state index in [1.54, 1.807) is 0 Å². The highest BCUT2D eigenvalue weighted by atomic mass is 16.5. The van der Waals surface area contributed by atoms with Crippen molar-refractivity contribution in [3.05, 3.63) is 6.42 Å². The van der Waals surface area contributed by atoms with Crippen molar-refractivity contribution in [3.8, 4) is 0 Å². The molecular formula is C8H13O2. The van der Waals surface area contributed by atoms with Crippen molar-refractivity contribution in [1.82, 2.24) is 0 Å². The number of carbonyl (C=O) groups is 1. The van der Waals surface area contributed by atoms with Gasteiger partial charge in [-0.25, -0.2) is 0 Å². The Morgan fingerprint density at radius 3 is 3.10 bits per heavy atom. The lowest BCUT2D eigenvalue weighted by molar-refractivity contribution is -0.147. The molecule has 0 saturated heterocycles. The number of hydrogen-bond acceptors (Lipinski definition) is 2. The molecule has 2 nitrogen and oxygen atoms in total. The molecule has 1 unspecified atom stereocenters. The molecular weight excluding hydrogens is 128 g/mol. The molecule has 1 fully saturated rings. The van der Waals surface area contributed by atoms with E-state index in [1.807, 2.05) is 6.92 Å². The first-order chi connectivity index (χ1) is 4.84. The van der Waals surface area contributed by atoms with E-state index in [0.29, 0.717) is 6.61 Å². The Labute approximate surface area is 61.6 Å². The standard InChI is InChI=1S/C8H13O2/c1-2-10-8(9)7-5-3-4-6-7/h3,7H,2,4-6H2,1H3. The van der Waals surface area contributed by atoms with Gasteiger partial charge in [-0.15, -0.1) is 0 Å². The first-order valence-corrected chi connectivity index (χ1v) is 3.83. The predicted octanol–water partition coefficient (Wildman–Crippen LogP) is 1.55. The highest BCUT2D eigenvalue weighted by molar-refractivity contribution is 5.72. The molecule has 0 amide bonds. The van der Waals surface area contributed by atoms with Crippen LogP contribution in [-0.2, 0) is 9.53 Å². The fourth-order valence-electron chi connectivity index (χ4n) is 1.23. The largest absolute Gasteiger partial charge is 0.466 e. The van der Waals surface area contributed by atoms with E-state index in [2.05, 4.69) is 6.42 Å². The Morgan fingerprint density at radius 2 is 2.60 bits per heavy atom. The summed E-state index contributed by atoms with van der Waals surface area (Å²) in [6.45, 7) is 2.35. The average Bonchev–Trinajstić information content (AvgIpc) is 2.38. The van der Waals surface area contributed by atoms with Crippen LogP contribution in [0.2, 0.25) is 0 Å². The molecule has 0 bridgehead atoms. The summed E-state index contributed by atoms with van der Waals surface area (Å²) in [7, 11) is 0. The van der Waals surface area contributed by atoms with E-state index in [-0.39, 0.29) is 11.9 Å². The maximum Gasteiger partial charge on any atom is 0.308 e. The van der Waals surface area contributed by atoms with Crippen LogP contribution >= 0.6 is 0 Å². The SMILES string of the molecule is CCOC(=O)C1C[CH]CC1. The third kappa shape index (κ3) is 1.72. The van der Waals surface area contributed by atoms with Crippen LogP contribution in [0.25, 0.3) is 0 Å². The lowest BCUT2D eigenvalue weighted by atomic mass is 10.1. The van der Waals surface area contributed by atoms with Gasteiger partial charge < -0.3 is 4.74 Å². The monoisotopic (exact) mass is 141 g/mol. The summed E-state index contributed by atoms with van der Waals surface area (Å²) in [6.07, 6.45) is 5.13. The first kappa shape index (κ1) is 7.58. The molecule has 2 heteroatoms. The maximum atomic E-state index is 11.0. The van der Waals surface area contributed by atoms with E-state index >= 15 is 0 Å². The summed E-state index contributed by atoms with van der Waals surface area (Å²) < 4.78 is 4.87. The number of hydrogen-bond donors (Lipinski definition) is 0. The minimum absolute atomic E-state index is 0.0174. The second-order valence-electron chi connectivity index (χ2n) is 2.55. The zero-order valence-electron chi connectivity index (χ0n) is 6.30. The van der Waals surface area contributed by atoms with Gasteiger partial charge in [0.15, 0.2) is 0 Å². The normalized spacial score (nSPS) is 19.3. The van der Waals surface area contributed by atoms with Crippen molar-refractivity contribution < 1.29 is 9.53 Å². The highest BCUT2D eigenvalue weighted by Gasteiger charge is 2.23. The lowest BCUT2D eigenvalue weighted by Crippen LogP contribution is -2.14. The molecule has 1 saturated carbocycles. The minimum atomic E-state index is -0.0174. The van der Waals surface area contributed by atoms with Crippen molar-refractivity contribution in [3.63, 3.8) is 0 Å². The van der Waals surface area contributed by atoms with E-state index < -0.39 is 0 Å².